The van der Waals surface area contributed by atoms with Crippen molar-refractivity contribution in [3.05, 3.63) is 35.6 Å². The van der Waals surface area contributed by atoms with Crippen molar-refractivity contribution in [3.63, 3.8) is 0 Å². The van der Waals surface area contributed by atoms with E-state index in [0.29, 0.717) is 12.2 Å². The quantitative estimate of drug-likeness (QED) is 0.750. The van der Waals surface area contributed by atoms with Crippen molar-refractivity contribution in [2.75, 3.05) is 13.2 Å². The van der Waals surface area contributed by atoms with Crippen LogP contribution in [-0.2, 0) is 20.7 Å². The predicted molar refractivity (Wildman–Crippen MR) is 67.7 cm³/mol. The Morgan fingerprint density at radius 3 is 2.68 bits per heavy atom. The number of amides is 2. The van der Waals surface area contributed by atoms with Crippen LogP contribution in [-0.4, -0.2) is 31.1 Å². The molecule has 0 saturated carbocycles. The Kier molecular flexibility index (Phi) is 5.95. The second-order valence-corrected chi connectivity index (χ2v) is 3.96. The number of primary amides is 1. The first-order valence-corrected chi connectivity index (χ1v) is 5.94. The maximum Gasteiger partial charge on any atom is 0.246 e. The minimum atomic E-state index is -0.954. The third-order valence-corrected chi connectivity index (χ3v) is 2.50. The lowest BCUT2D eigenvalue weighted by Crippen LogP contribution is -2.47. The molecule has 0 aliphatic heterocycles. The Labute approximate surface area is 110 Å². The molecule has 104 valence electrons. The van der Waals surface area contributed by atoms with Gasteiger partial charge < -0.3 is 15.8 Å². The summed E-state index contributed by atoms with van der Waals surface area (Å²) in [6.07, 6.45) is 0.0138. The number of nitrogens with two attached hydrogens (primary N) is 1. The maximum atomic E-state index is 13.5. The third kappa shape index (κ3) is 5.05. The summed E-state index contributed by atoms with van der Waals surface area (Å²) in [5.41, 5.74) is 5.52. The highest BCUT2D eigenvalue weighted by molar-refractivity contribution is 5.87. The van der Waals surface area contributed by atoms with E-state index in [0.717, 1.165) is 0 Å². The summed E-state index contributed by atoms with van der Waals surface area (Å²) in [4.78, 5) is 22.7. The molecule has 1 aromatic rings. The van der Waals surface area contributed by atoms with Gasteiger partial charge in [0.2, 0.25) is 11.8 Å². The van der Waals surface area contributed by atoms with Gasteiger partial charge in [0, 0.05) is 13.0 Å². The number of hydrogen-bond acceptors (Lipinski definition) is 3. The van der Waals surface area contributed by atoms with Crippen molar-refractivity contribution >= 4 is 11.8 Å². The monoisotopic (exact) mass is 268 g/mol. The van der Waals surface area contributed by atoms with Crippen LogP contribution < -0.4 is 11.1 Å². The summed E-state index contributed by atoms with van der Waals surface area (Å²) in [6.45, 7) is 1.98. The van der Waals surface area contributed by atoms with E-state index in [1.54, 1.807) is 25.1 Å². The van der Waals surface area contributed by atoms with E-state index in [4.69, 9.17) is 10.5 Å². The van der Waals surface area contributed by atoms with Crippen LogP contribution >= 0.6 is 0 Å². The smallest absolute Gasteiger partial charge is 0.246 e. The Bertz CT molecular complexity index is 451. The highest BCUT2D eigenvalue weighted by atomic mass is 19.1. The van der Waals surface area contributed by atoms with Gasteiger partial charge in [-0.25, -0.2) is 4.39 Å². The van der Waals surface area contributed by atoms with Crippen LogP contribution in [0.3, 0.4) is 0 Å². The molecule has 5 nitrogen and oxygen atoms in total. The molecule has 0 radical (unpaired) electrons. The Hall–Kier alpha value is -1.95. The summed E-state index contributed by atoms with van der Waals surface area (Å²) in [5.74, 6) is -1.61. The molecule has 6 heteroatoms. The van der Waals surface area contributed by atoms with Gasteiger partial charge in [0.1, 0.15) is 18.5 Å². The van der Waals surface area contributed by atoms with E-state index in [9.17, 15) is 14.0 Å². The number of nitrogens with one attached hydrogen (secondary N) is 1. The van der Waals surface area contributed by atoms with Gasteiger partial charge in [-0.15, -0.1) is 0 Å². The SMILES string of the molecule is CCOCC(=O)N[C@@H](Cc1ccccc1F)C(N)=O. The molecule has 0 heterocycles. The molecule has 0 fully saturated rings. The van der Waals surface area contributed by atoms with Crippen molar-refractivity contribution in [1.82, 2.24) is 5.32 Å². The number of halogens is 1. The lowest BCUT2D eigenvalue weighted by molar-refractivity contribution is -0.130. The zero-order valence-electron chi connectivity index (χ0n) is 10.7. The van der Waals surface area contributed by atoms with Crippen LogP contribution in [0.25, 0.3) is 0 Å². The summed E-state index contributed by atoms with van der Waals surface area (Å²) >= 11 is 0. The molecule has 19 heavy (non-hydrogen) atoms. The molecule has 2 amide bonds. The standard InChI is InChI=1S/C13H17FN2O3/c1-2-19-8-12(17)16-11(13(15)18)7-9-5-3-4-6-10(9)14/h3-6,11H,2,7-8H2,1H3,(H2,15,18)(H,16,17)/t11-/m0/s1. The summed E-state index contributed by atoms with van der Waals surface area (Å²) < 4.78 is 18.4. The normalized spacial score (nSPS) is 11.9. The fourth-order valence-corrected chi connectivity index (χ4v) is 1.54. The average molecular weight is 268 g/mol. The van der Waals surface area contributed by atoms with Gasteiger partial charge in [-0.05, 0) is 18.6 Å². The number of hydrogen-bond donors (Lipinski definition) is 2. The third-order valence-electron chi connectivity index (χ3n) is 2.50. The largest absolute Gasteiger partial charge is 0.372 e. The molecule has 0 aliphatic carbocycles. The number of ether oxygens (including phenoxy) is 1. The molecule has 1 atom stereocenters. The van der Waals surface area contributed by atoms with Gasteiger partial charge in [0.05, 0.1) is 0 Å². The van der Waals surface area contributed by atoms with Crippen LogP contribution in [0, 0.1) is 5.82 Å². The van der Waals surface area contributed by atoms with Crippen LogP contribution in [0.15, 0.2) is 24.3 Å². The van der Waals surface area contributed by atoms with Crippen molar-refractivity contribution < 1.29 is 18.7 Å². The second kappa shape index (κ2) is 7.48. The van der Waals surface area contributed by atoms with Crippen LogP contribution in [0.5, 0.6) is 0 Å². The van der Waals surface area contributed by atoms with Gasteiger partial charge in [0.15, 0.2) is 0 Å². The fourth-order valence-electron chi connectivity index (χ4n) is 1.54. The topological polar surface area (TPSA) is 81.4 Å². The average Bonchev–Trinajstić information content (AvgIpc) is 2.38. The van der Waals surface area contributed by atoms with Crippen molar-refractivity contribution in [3.8, 4) is 0 Å². The molecule has 0 unspecified atom stereocenters. The van der Waals surface area contributed by atoms with E-state index in [1.807, 2.05) is 0 Å². The van der Waals surface area contributed by atoms with Crippen molar-refractivity contribution in [2.45, 2.75) is 19.4 Å². The molecule has 0 saturated heterocycles. The Balaban J connectivity index is 2.66. The van der Waals surface area contributed by atoms with Gasteiger partial charge in [-0.1, -0.05) is 18.2 Å². The lowest BCUT2D eigenvalue weighted by atomic mass is 10.0. The summed E-state index contributed by atoms with van der Waals surface area (Å²) in [5, 5.41) is 2.42. The van der Waals surface area contributed by atoms with Crippen LogP contribution in [0.4, 0.5) is 4.39 Å². The zero-order chi connectivity index (χ0) is 14.3. The van der Waals surface area contributed by atoms with Crippen LogP contribution in [0.1, 0.15) is 12.5 Å². The summed E-state index contributed by atoms with van der Waals surface area (Å²) in [7, 11) is 0. The van der Waals surface area contributed by atoms with Gasteiger partial charge in [0.25, 0.3) is 0 Å². The number of rotatable bonds is 7. The molecule has 0 aliphatic rings. The van der Waals surface area contributed by atoms with E-state index in [-0.39, 0.29) is 13.0 Å². The highest BCUT2D eigenvalue weighted by Gasteiger charge is 2.19. The first-order valence-electron chi connectivity index (χ1n) is 5.94. The molecule has 1 rings (SSSR count). The minimum absolute atomic E-state index is 0.0138. The first-order chi connectivity index (χ1) is 9.04. The van der Waals surface area contributed by atoms with Crippen LogP contribution in [0.2, 0.25) is 0 Å². The molecule has 0 bridgehead atoms. The van der Waals surface area contributed by atoms with E-state index in [1.165, 1.54) is 6.07 Å². The van der Waals surface area contributed by atoms with Gasteiger partial charge >= 0.3 is 0 Å². The van der Waals surface area contributed by atoms with Crippen molar-refractivity contribution in [2.24, 2.45) is 5.73 Å². The highest BCUT2D eigenvalue weighted by Crippen LogP contribution is 2.09. The first kappa shape index (κ1) is 15.1. The fraction of sp³-hybridized carbons (Fsp3) is 0.385. The van der Waals surface area contributed by atoms with E-state index < -0.39 is 23.7 Å². The lowest BCUT2D eigenvalue weighted by Gasteiger charge is -2.15. The van der Waals surface area contributed by atoms with Gasteiger partial charge in [-0.2, -0.15) is 0 Å². The molecule has 0 spiro atoms. The minimum Gasteiger partial charge on any atom is -0.372 e. The van der Waals surface area contributed by atoms with Gasteiger partial charge in [-0.3, -0.25) is 9.59 Å². The van der Waals surface area contributed by atoms with E-state index in [2.05, 4.69) is 5.32 Å². The van der Waals surface area contributed by atoms with Crippen molar-refractivity contribution in [1.29, 1.82) is 0 Å². The Morgan fingerprint density at radius 2 is 2.11 bits per heavy atom. The molecular weight excluding hydrogens is 251 g/mol. The molecular formula is C13H17FN2O3. The molecule has 3 N–H and O–H groups in total. The molecule has 0 aromatic heterocycles. The number of benzene rings is 1. The second-order valence-electron chi connectivity index (χ2n) is 3.96. The molecule has 1 aromatic carbocycles. The maximum absolute atomic E-state index is 13.5. The number of carbonyl (C=O) groups excluding carboxylic acids is 2. The summed E-state index contributed by atoms with van der Waals surface area (Å²) in [6, 6.07) is 5.07. The zero-order valence-corrected chi connectivity index (χ0v) is 10.7. The van der Waals surface area contributed by atoms with E-state index >= 15 is 0 Å². The number of carbonyl (C=O) groups is 2. The predicted octanol–water partition coefficient (Wildman–Crippen LogP) is 0.375. The Morgan fingerprint density at radius 1 is 1.42 bits per heavy atom.